The van der Waals surface area contributed by atoms with Crippen LogP contribution in [-0.2, 0) is 14.6 Å². The zero-order valence-electron chi connectivity index (χ0n) is 14.3. The van der Waals surface area contributed by atoms with E-state index in [9.17, 15) is 13.2 Å². The Labute approximate surface area is 146 Å². The van der Waals surface area contributed by atoms with Gasteiger partial charge in [-0.3, -0.25) is 9.20 Å². The van der Waals surface area contributed by atoms with Crippen molar-refractivity contribution in [1.29, 1.82) is 0 Å². The average molecular weight is 366 g/mol. The molecular weight excluding hydrogens is 344 g/mol. The van der Waals surface area contributed by atoms with Gasteiger partial charge in [-0.1, -0.05) is 25.0 Å². The number of hydrogen-bond donors (Lipinski definition) is 0. The van der Waals surface area contributed by atoms with Gasteiger partial charge in [0, 0.05) is 18.8 Å². The molecule has 0 N–H and O–H groups in total. The van der Waals surface area contributed by atoms with Crippen LogP contribution >= 0.6 is 0 Å². The Morgan fingerprint density at radius 3 is 2.88 bits per heavy atom. The van der Waals surface area contributed by atoms with Crippen molar-refractivity contribution in [3.63, 3.8) is 0 Å². The van der Waals surface area contributed by atoms with Crippen LogP contribution < -0.4 is 4.74 Å². The van der Waals surface area contributed by atoms with Crippen LogP contribution in [0.15, 0.2) is 24.4 Å². The minimum Gasteiger partial charge on any atom is -0.453 e. The van der Waals surface area contributed by atoms with E-state index in [1.165, 1.54) is 0 Å². The molecule has 3 heterocycles. The molecule has 1 aliphatic heterocycles. The number of pyridine rings is 1. The van der Waals surface area contributed by atoms with Crippen LogP contribution in [0.4, 0.5) is 0 Å². The fraction of sp³-hybridized carbons (Fsp3) is 0.562. The third kappa shape index (κ3) is 4.09. The summed E-state index contributed by atoms with van der Waals surface area (Å²) in [5.41, 5.74) is 0.630. The molecule has 1 saturated heterocycles. The van der Waals surface area contributed by atoms with E-state index in [0.717, 1.165) is 0 Å². The average Bonchev–Trinajstić information content (AvgIpc) is 3.13. The number of nitrogens with zero attached hydrogens (tertiary/aromatic N) is 4. The second-order valence-electron chi connectivity index (χ2n) is 6.70. The zero-order chi connectivity index (χ0) is 18.0. The number of hydrogen-bond acceptors (Lipinski definition) is 6. The van der Waals surface area contributed by atoms with Crippen LogP contribution in [0.5, 0.6) is 6.01 Å². The lowest BCUT2D eigenvalue weighted by atomic mass is 10.1. The standard InChI is InChI=1S/C16H22N4O4S/c1-12(2)9-20(13-6-8-25(22,23)11-13)15(21)10-24-16-18-17-14-5-3-4-7-19(14)16/h3-5,7,12-13H,6,8-11H2,1-2H3. The summed E-state index contributed by atoms with van der Waals surface area (Å²) < 4.78 is 30.7. The second-order valence-corrected chi connectivity index (χ2v) is 8.93. The number of amides is 1. The lowest BCUT2D eigenvalue weighted by Crippen LogP contribution is -2.45. The molecule has 2 aromatic rings. The monoisotopic (exact) mass is 366 g/mol. The lowest BCUT2D eigenvalue weighted by molar-refractivity contribution is -0.136. The Morgan fingerprint density at radius 2 is 2.20 bits per heavy atom. The molecule has 0 spiro atoms. The van der Waals surface area contributed by atoms with Crippen molar-refractivity contribution in [2.75, 3.05) is 24.7 Å². The number of carbonyl (C=O) groups excluding carboxylic acids is 1. The van der Waals surface area contributed by atoms with Crippen LogP contribution in [0.2, 0.25) is 0 Å². The van der Waals surface area contributed by atoms with Crippen LogP contribution in [0.25, 0.3) is 5.65 Å². The van der Waals surface area contributed by atoms with Crippen LogP contribution in [0.1, 0.15) is 20.3 Å². The van der Waals surface area contributed by atoms with Gasteiger partial charge in [-0.2, -0.15) is 0 Å². The highest BCUT2D eigenvalue weighted by Gasteiger charge is 2.35. The third-order valence-electron chi connectivity index (χ3n) is 4.14. The summed E-state index contributed by atoms with van der Waals surface area (Å²) in [4.78, 5) is 14.3. The number of carbonyl (C=O) groups is 1. The molecule has 0 bridgehead atoms. The summed E-state index contributed by atoms with van der Waals surface area (Å²) >= 11 is 0. The summed E-state index contributed by atoms with van der Waals surface area (Å²) in [6.07, 6.45) is 2.24. The van der Waals surface area contributed by atoms with E-state index in [1.54, 1.807) is 21.6 Å². The Morgan fingerprint density at radius 1 is 1.40 bits per heavy atom. The number of rotatable bonds is 6. The first-order valence-corrected chi connectivity index (χ1v) is 10.1. The summed E-state index contributed by atoms with van der Waals surface area (Å²) in [6.45, 7) is 4.30. The second kappa shape index (κ2) is 6.99. The predicted octanol–water partition coefficient (Wildman–Crippen LogP) is 0.780. The maximum atomic E-state index is 12.7. The van der Waals surface area contributed by atoms with Gasteiger partial charge >= 0.3 is 6.01 Å². The molecule has 1 amide bonds. The molecule has 0 aromatic carbocycles. The quantitative estimate of drug-likeness (QED) is 0.750. The number of sulfone groups is 1. The normalized spacial score (nSPS) is 19.4. The van der Waals surface area contributed by atoms with Gasteiger partial charge in [-0.25, -0.2) is 8.42 Å². The van der Waals surface area contributed by atoms with E-state index in [0.29, 0.717) is 18.6 Å². The van der Waals surface area contributed by atoms with Crippen LogP contribution in [-0.4, -0.2) is 64.5 Å². The van der Waals surface area contributed by atoms with Gasteiger partial charge in [0.25, 0.3) is 5.91 Å². The van der Waals surface area contributed by atoms with Gasteiger partial charge in [0.15, 0.2) is 22.1 Å². The Hall–Kier alpha value is -2.16. The van der Waals surface area contributed by atoms with E-state index >= 15 is 0 Å². The topological polar surface area (TPSA) is 93.9 Å². The van der Waals surface area contributed by atoms with E-state index in [-0.39, 0.29) is 42.0 Å². The van der Waals surface area contributed by atoms with Gasteiger partial charge in [-0.15, -0.1) is 5.10 Å². The summed E-state index contributed by atoms with van der Waals surface area (Å²) in [6, 6.07) is 5.41. The zero-order valence-corrected chi connectivity index (χ0v) is 15.1. The SMILES string of the molecule is CC(C)CN(C(=O)COc1nnc2ccccn12)C1CCS(=O)(=O)C1. The van der Waals surface area contributed by atoms with Crippen molar-refractivity contribution in [1.82, 2.24) is 19.5 Å². The molecule has 2 aromatic heterocycles. The molecule has 0 saturated carbocycles. The van der Waals surface area contributed by atoms with Gasteiger partial charge in [0.1, 0.15) is 0 Å². The Kier molecular flexibility index (Phi) is 4.94. The highest BCUT2D eigenvalue weighted by atomic mass is 32.2. The molecule has 136 valence electrons. The molecule has 8 nitrogen and oxygen atoms in total. The summed E-state index contributed by atoms with van der Waals surface area (Å²) in [5.74, 6) is 0.166. The number of aromatic nitrogens is 3. The molecule has 0 aliphatic carbocycles. The molecule has 1 fully saturated rings. The van der Waals surface area contributed by atoms with Gasteiger partial charge in [0.2, 0.25) is 0 Å². The molecular formula is C16H22N4O4S. The maximum Gasteiger partial charge on any atom is 0.322 e. The summed E-state index contributed by atoms with van der Waals surface area (Å²) in [7, 11) is -3.06. The predicted molar refractivity (Wildman–Crippen MR) is 92.1 cm³/mol. The molecule has 1 atom stereocenters. The fourth-order valence-corrected chi connectivity index (χ4v) is 4.73. The maximum absolute atomic E-state index is 12.7. The third-order valence-corrected chi connectivity index (χ3v) is 5.89. The van der Waals surface area contributed by atoms with E-state index in [1.807, 2.05) is 26.0 Å². The number of fused-ring (bicyclic) bond motifs is 1. The fourth-order valence-electron chi connectivity index (χ4n) is 3.00. The van der Waals surface area contributed by atoms with Crippen molar-refractivity contribution >= 4 is 21.4 Å². The van der Waals surface area contributed by atoms with Crippen LogP contribution in [0, 0.1) is 5.92 Å². The van der Waals surface area contributed by atoms with Gasteiger partial charge in [0.05, 0.1) is 11.5 Å². The van der Waals surface area contributed by atoms with Gasteiger partial charge in [-0.05, 0) is 24.5 Å². The van der Waals surface area contributed by atoms with E-state index < -0.39 is 9.84 Å². The van der Waals surface area contributed by atoms with E-state index in [2.05, 4.69) is 10.2 Å². The summed E-state index contributed by atoms with van der Waals surface area (Å²) in [5, 5.41) is 7.90. The highest BCUT2D eigenvalue weighted by molar-refractivity contribution is 7.91. The van der Waals surface area contributed by atoms with Crippen molar-refractivity contribution in [3.05, 3.63) is 24.4 Å². The minimum atomic E-state index is -3.06. The van der Waals surface area contributed by atoms with E-state index in [4.69, 9.17) is 4.74 Å². The van der Waals surface area contributed by atoms with Crippen molar-refractivity contribution in [2.45, 2.75) is 26.3 Å². The lowest BCUT2D eigenvalue weighted by Gasteiger charge is -2.29. The van der Waals surface area contributed by atoms with Crippen molar-refractivity contribution in [2.24, 2.45) is 5.92 Å². The first kappa shape index (κ1) is 17.7. The van der Waals surface area contributed by atoms with Crippen molar-refractivity contribution in [3.8, 4) is 6.01 Å². The molecule has 0 radical (unpaired) electrons. The number of ether oxygens (including phenoxy) is 1. The van der Waals surface area contributed by atoms with Crippen LogP contribution in [0.3, 0.4) is 0 Å². The first-order chi connectivity index (χ1) is 11.9. The van der Waals surface area contributed by atoms with Gasteiger partial charge < -0.3 is 9.64 Å². The minimum absolute atomic E-state index is 0.0271. The Balaban J connectivity index is 1.70. The highest BCUT2D eigenvalue weighted by Crippen LogP contribution is 2.19. The molecule has 9 heteroatoms. The molecule has 25 heavy (non-hydrogen) atoms. The molecule has 1 aliphatic rings. The molecule has 1 unspecified atom stereocenters. The van der Waals surface area contributed by atoms with Crippen molar-refractivity contribution < 1.29 is 17.9 Å². The molecule has 3 rings (SSSR count). The Bertz CT molecular complexity index is 862. The first-order valence-electron chi connectivity index (χ1n) is 8.28. The smallest absolute Gasteiger partial charge is 0.322 e. The largest absolute Gasteiger partial charge is 0.453 e.